The normalized spacial score (nSPS) is 13.1. The van der Waals surface area contributed by atoms with E-state index in [1.54, 1.807) is 11.8 Å². The minimum atomic E-state index is 0.00881. The van der Waals surface area contributed by atoms with Gasteiger partial charge in [-0.3, -0.25) is 10.1 Å². The Morgan fingerprint density at radius 2 is 2.14 bits per heavy atom. The van der Waals surface area contributed by atoms with Gasteiger partial charge >= 0.3 is 0 Å². The number of thioether (sulfide) groups is 1. The van der Waals surface area contributed by atoms with Crippen molar-refractivity contribution >= 4 is 23.6 Å². The molecule has 0 aliphatic heterocycles. The molecule has 0 saturated carbocycles. The first-order chi connectivity index (χ1) is 10.3. The molecule has 2 aromatic rings. The molecule has 1 aliphatic carbocycles. The molecule has 0 spiro atoms. The number of amides is 1. The minimum Gasteiger partial charge on any atom is -0.338 e. The molecule has 4 nitrogen and oxygen atoms in total. The lowest BCUT2D eigenvalue weighted by atomic mass is 10.2. The number of anilines is 1. The van der Waals surface area contributed by atoms with Crippen LogP contribution in [-0.2, 0) is 17.6 Å². The van der Waals surface area contributed by atoms with Gasteiger partial charge in [-0.15, -0.1) is 11.8 Å². The van der Waals surface area contributed by atoms with E-state index in [1.807, 2.05) is 18.2 Å². The van der Waals surface area contributed by atoms with E-state index < -0.39 is 0 Å². The fourth-order valence-corrected chi connectivity index (χ4v) is 3.33. The summed E-state index contributed by atoms with van der Waals surface area (Å²) in [7, 11) is 0. The van der Waals surface area contributed by atoms with Gasteiger partial charge in [0, 0.05) is 16.9 Å². The van der Waals surface area contributed by atoms with Crippen LogP contribution in [0.2, 0.25) is 0 Å². The molecule has 1 aliphatic rings. The summed E-state index contributed by atoms with van der Waals surface area (Å²) in [6.07, 6.45) is 4.38. The van der Waals surface area contributed by atoms with E-state index in [9.17, 15) is 4.79 Å². The van der Waals surface area contributed by atoms with Crippen LogP contribution in [0.15, 0.2) is 39.8 Å². The lowest BCUT2D eigenvalue weighted by molar-refractivity contribution is -0.116. The van der Waals surface area contributed by atoms with Crippen LogP contribution in [0.25, 0.3) is 0 Å². The van der Waals surface area contributed by atoms with Gasteiger partial charge < -0.3 is 4.52 Å². The molecule has 1 heterocycles. The summed E-state index contributed by atoms with van der Waals surface area (Å²) < 4.78 is 5.20. The topological polar surface area (TPSA) is 55.1 Å². The van der Waals surface area contributed by atoms with Gasteiger partial charge in [-0.2, -0.15) is 0 Å². The van der Waals surface area contributed by atoms with Crippen LogP contribution in [-0.4, -0.2) is 16.8 Å². The van der Waals surface area contributed by atoms with Crippen molar-refractivity contribution < 1.29 is 9.32 Å². The number of benzene rings is 1. The maximum Gasteiger partial charge on any atom is 0.234 e. The number of aryl methyl sites for hydroxylation is 1. The summed E-state index contributed by atoms with van der Waals surface area (Å²) in [6.45, 7) is 0. The summed E-state index contributed by atoms with van der Waals surface area (Å²) in [5.74, 6) is 1.50. The Labute approximate surface area is 128 Å². The largest absolute Gasteiger partial charge is 0.338 e. The van der Waals surface area contributed by atoms with Crippen molar-refractivity contribution in [3.05, 3.63) is 41.6 Å². The first-order valence-electron chi connectivity index (χ1n) is 7.28. The standard InChI is InChI=1S/C16H18N2O2S/c19-15(10-5-11-21-12-6-2-1-3-7-12)17-16-13-8-4-9-14(13)18-20-16/h1-3,6-7H,4-5,8-11H2,(H,17,19). The van der Waals surface area contributed by atoms with E-state index in [1.165, 1.54) is 4.90 Å². The van der Waals surface area contributed by atoms with Crippen LogP contribution in [0, 0.1) is 0 Å². The molecular weight excluding hydrogens is 284 g/mol. The first kappa shape index (κ1) is 14.2. The Morgan fingerprint density at radius 3 is 3.00 bits per heavy atom. The molecule has 1 aromatic carbocycles. The second kappa shape index (κ2) is 6.80. The summed E-state index contributed by atoms with van der Waals surface area (Å²) in [6, 6.07) is 10.2. The zero-order valence-electron chi connectivity index (χ0n) is 11.8. The average molecular weight is 302 g/mol. The maximum absolute atomic E-state index is 11.9. The zero-order valence-corrected chi connectivity index (χ0v) is 12.6. The molecule has 3 rings (SSSR count). The summed E-state index contributed by atoms with van der Waals surface area (Å²) in [5, 5.41) is 6.84. The van der Waals surface area contributed by atoms with Crippen LogP contribution in [0.4, 0.5) is 5.88 Å². The van der Waals surface area contributed by atoms with Crippen molar-refractivity contribution in [1.82, 2.24) is 5.16 Å². The third kappa shape index (κ3) is 3.67. The van der Waals surface area contributed by atoms with Gasteiger partial charge in [0.05, 0.1) is 5.69 Å². The fourth-order valence-electron chi connectivity index (χ4n) is 2.46. The average Bonchev–Trinajstić information content (AvgIpc) is 3.10. The Hall–Kier alpha value is -1.75. The Bertz CT molecular complexity index is 610. The summed E-state index contributed by atoms with van der Waals surface area (Å²) >= 11 is 1.77. The number of carbonyl (C=O) groups is 1. The predicted octanol–water partition coefficient (Wildman–Crippen LogP) is 3.67. The number of fused-ring (bicyclic) bond motifs is 1. The predicted molar refractivity (Wildman–Crippen MR) is 83.6 cm³/mol. The highest BCUT2D eigenvalue weighted by Crippen LogP contribution is 2.28. The van der Waals surface area contributed by atoms with Crippen LogP contribution in [0.5, 0.6) is 0 Å². The number of aromatic nitrogens is 1. The van der Waals surface area contributed by atoms with Crippen molar-refractivity contribution in [3.63, 3.8) is 0 Å². The van der Waals surface area contributed by atoms with E-state index in [0.29, 0.717) is 12.3 Å². The van der Waals surface area contributed by atoms with Crippen LogP contribution in [0.1, 0.15) is 30.5 Å². The summed E-state index contributed by atoms with van der Waals surface area (Å²) in [5.41, 5.74) is 2.09. The Kier molecular flexibility index (Phi) is 4.60. The number of rotatable bonds is 6. The van der Waals surface area contributed by atoms with Gasteiger partial charge in [0.25, 0.3) is 0 Å². The molecule has 1 amide bonds. The third-order valence-corrected chi connectivity index (χ3v) is 4.62. The van der Waals surface area contributed by atoms with Crippen molar-refractivity contribution in [1.29, 1.82) is 0 Å². The molecule has 0 fully saturated rings. The molecule has 1 aromatic heterocycles. The number of hydrogen-bond donors (Lipinski definition) is 1. The molecular formula is C16H18N2O2S. The van der Waals surface area contributed by atoms with Gasteiger partial charge in [-0.25, -0.2) is 0 Å². The minimum absolute atomic E-state index is 0.00881. The highest BCUT2D eigenvalue weighted by Gasteiger charge is 2.21. The van der Waals surface area contributed by atoms with Gasteiger partial charge in [0.2, 0.25) is 11.8 Å². The van der Waals surface area contributed by atoms with Gasteiger partial charge in [-0.1, -0.05) is 23.4 Å². The molecule has 1 N–H and O–H groups in total. The molecule has 0 unspecified atom stereocenters. The fraction of sp³-hybridized carbons (Fsp3) is 0.375. The monoisotopic (exact) mass is 302 g/mol. The SMILES string of the molecule is O=C(CCCSc1ccccc1)Nc1onc2c1CCC2. The molecule has 21 heavy (non-hydrogen) atoms. The van der Waals surface area contributed by atoms with Crippen molar-refractivity contribution in [3.8, 4) is 0 Å². The first-order valence-corrected chi connectivity index (χ1v) is 8.26. The number of carbonyl (C=O) groups excluding carboxylic acids is 1. The second-order valence-corrected chi connectivity index (χ2v) is 6.27. The van der Waals surface area contributed by atoms with Crippen LogP contribution >= 0.6 is 11.8 Å². The van der Waals surface area contributed by atoms with Gasteiger partial charge in [-0.05, 0) is 43.6 Å². The summed E-state index contributed by atoms with van der Waals surface area (Å²) in [4.78, 5) is 13.2. The molecule has 0 atom stereocenters. The van der Waals surface area contributed by atoms with Gasteiger partial charge in [0.15, 0.2) is 0 Å². The van der Waals surface area contributed by atoms with Crippen molar-refractivity contribution in [2.75, 3.05) is 11.1 Å². The lowest BCUT2D eigenvalue weighted by Crippen LogP contribution is -2.12. The van der Waals surface area contributed by atoms with E-state index in [4.69, 9.17) is 4.52 Å². The van der Waals surface area contributed by atoms with Gasteiger partial charge in [0.1, 0.15) is 0 Å². The highest BCUT2D eigenvalue weighted by molar-refractivity contribution is 7.99. The van der Waals surface area contributed by atoms with Crippen molar-refractivity contribution in [2.24, 2.45) is 0 Å². The lowest BCUT2D eigenvalue weighted by Gasteiger charge is -2.03. The molecule has 0 radical (unpaired) electrons. The van der Waals surface area contributed by atoms with E-state index >= 15 is 0 Å². The molecule has 110 valence electrons. The van der Waals surface area contributed by atoms with Crippen molar-refractivity contribution in [2.45, 2.75) is 37.0 Å². The Morgan fingerprint density at radius 1 is 1.29 bits per heavy atom. The number of nitrogens with one attached hydrogen (secondary N) is 1. The van der Waals surface area contributed by atoms with E-state index in [-0.39, 0.29) is 5.91 Å². The Balaban J connectivity index is 1.40. The van der Waals surface area contributed by atoms with E-state index in [0.717, 1.165) is 42.7 Å². The third-order valence-electron chi connectivity index (χ3n) is 3.52. The molecule has 5 heteroatoms. The smallest absolute Gasteiger partial charge is 0.234 e. The second-order valence-electron chi connectivity index (χ2n) is 5.10. The van der Waals surface area contributed by atoms with E-state index in [2.05, 4.69) is 22.6 Å². The molecule has 0 bridgehead atoms. The maximum atomic E-state index is 11.9. The quantitative estimate of drug-likeness (QED) is 0.653. The molecule has 0 saturated heterocycles. The van der Waals surface area contributed by atoms with Crippen LogP contribution in [0.3, 0.4) is 0 Å². The van der Waals surface area contributed by atoms with Crippen LogP contribution < -0.4 is 5.32 Å². The number of nitrogens with zero attached hydrogens (tertiary/aromatic N) is 1. The number of hydrogen-bond acceptors (Lipinski definition) is 4. The highest BCUT2D eigenvalue weighted by atomic mass is 32.2. The zero-order chi connectivity index (χ0) is 14.5.